The summed E-state index contributed by atoms with van der Waals surface area (Å²) in [6, 6.07) is 13.0. The minimum absolute atomic E-state index is 0.0226. The summed E-state index contributed by atoms with van der Waals surface area (Å²) in [4.78, 5) is 13.3. The van der Waals surface area contributed by atoms with Gasteiger partial charge in [-0.15, -0.1) is 0 Å². The molecule has 158 valence electrons. The van der Waals surface area contributed by atoms with Crippen molar-refractivity contribution in [2.45, 2.75) is 39.7 Å². The van der Waals surface area contributed by atoms with E-state index in [0.717, 1.165) is 17.0 Å². The van der Waals surface area contributed by atoms with E-state index in [-0.39, 0.29) is 17.2 Å². The van der Waals surface area contributed by atoms with Crippen molar-refractivity contribution >= 4 is 5.95 Å². The molecule has 7 heteroatoms. The maximum atomic E-state index is 14.6. The number of hydrogen-bond donors (Lipinski definition) is 1. The maximum Gasteiger partial charge on any atom is 0.221 e. The lowest BCUT2D eigenvalue weighted by atomic mass is 9.91. The molecule has 3 aromatic heterocycles. The number of pyridine rings is 1. The van der Waals surface area contributed by atoms with Gasteiger partial charge in [-0.25, -0.2) is 14.4 Å². The summed E-state index contributed by atoms with van der Waals surface area (Å²) in [6.45, 7) is 8.67. The Morgan fingerprint density at radius 1 is 1.00 bits per heavy atom. The molecule has 4 aromatic rings. The smallest absolute Gasteiger partial charge is 0.221 e. The number of rotatable bonds is 4. The summed E-state index contributed by atoms with van der Waals surface area (Å²) in [5.41, 5.74) is 10.6. The highest BCUT2D eigenvalue weighted by molar-refractivity contribution is 5.69. The Kier molecular flexibility index (Phi) is 5.27. The van der Waals surface area contributed by atoms with Crippen molar-refractivity contribution in [1.29, 1.82) is 0 Å². The van der Waals surface area contributed by atoms with Crippen LogP contribution in [0.25, 0.3) is 22.5 Å². The molecule has 0 aliphatic carbocycles. The van der Waals surface area contributed by atoms with Crippen molar-refractivity contribution in [2.75, 3.05) is 5.73 Å². The Morgan fingerprint density at radius 2 is 1.74 bits per heavy atom. The lowest BCUT2D eigenvalue weighted by Gasteiger charge is -2.18. The SMILES string of the molecule is Cc1cccc(-c2cc(-c3cnn(Cc4cccc(C(C)(C)C)n4)c3)nc(N)n2)c1F. The van der Waals surface area contributed by atoms with Crippen LogP contribution >= 0.6 is 0 Å². The van der Waals surface area contributed by atoms with Gasteiger partial charge >= 0.3 is 0 Å². The lowest BCUT2D eigenvalue weighted by Crippen LogP contribution is -2.15. The quantitative estimate of drug-likeness (QED) is 0.518. The highest BCUT2D eigenvalue weighted by atomic mass is 19.1. The van der Waals surface area contributed by atoms with Gasteiger partial charge in [-0.3, -0.25) is 9.67 Å². The van der Waals surface area contributed by atoms with Gasteiger partial charge in [0, 0.05) is 28.4 Å². The Labute approximate surface area is 181 Å². The molecule has 6 nitrogen and oxygen atoms in total. The van der Waals surface area contributed by atoms with Gasteiger partial charge in [0.05, 0.1) is 29.8 Å². The predicted octanol–water partition coefficient (Wildman–Crippen LogP) is 4.78. The molecule has 0 spiro atoms. The Balaban J connectivity index is 1.64. The van der Waals surface area contributed by atoms with Gasteiger partial charge in [-0.1, -0.05) is 39.0 Å². The molecule has 0 amide bonds. The van der Waals surface area contributed by atoms with E-state index in [1.807, 2.05) is 24.4 Å². The summed E-state index contributed by atoms with van der Waals surface area (Å²) in [5.74, 6) is -0.229. The van der Waals surface area contributed by atoms with Crippen molar-refractivity contribution in [3.63, 3.8) is 0 Å². The molecular weight excluding hydrogens is 391 g/mol. The van der Waals surface area contributed by atoms with Crippen LogP contribution in [-0.4, -0.2) is 24.7 Å². The van der Waals surface area contributed by atoms with Crippen LogP contribution in [0.3, 0.4) is 0 Å². The van der Waals surface area contributed by atoms with Crippen LogP contribution in [0.15, 0.2) is 54.9 Å². The van der Waals surface area contributed by atoms with E-state index in [2.05, 4.69) is 35.8 Å². The van der Waals surface area contributed by atoms with Gasteiger partial charge in [0.15, 0.2) is 0 Å². The zero-order valence-corrected chi connectivity index (χ0v) is 18.1. The fourth-order valence-electron chi connectivity index (χ4n) is 3.33. The standard InChI is InChI=1S/C24H25FN6/c1-15-7-5-9-18(22(15)25)20-11-19(29-23(26)30-20)16-12-27-31(13-16)14-17-8-6-10-21(28-17)24(2,3)4/h5-13H,14H2,1-4H3,(H2,26,29,30). The highest BCUT2D eigenvalue weighted by Gasteiger charge is 2.16. The third kappa shape index (κ3) is 4.45. The van der Waals surface area contributed by atoms with Crippen LogP contribution in [0, 0.1) is 12.7 Å². The predicted molar refractivity (Wildman–Crippen MR) is 120 cm³/mol. The Hall–Kier alpha value is -3.61. The number of nitrogen functional groups attached to an aromatic ring is 1. The summed E-state index contributed by atoms with van der Waals surface area (Å²) in [7, 11) is 0. The number of nitrogens with zero attached hydrogens (tertiary/aromatic N) is 5. The minimum Gasteiger partial charge on any atom is -0.368 e. The van der Waals surface area contributed by atoms with Crippen LogP contribution in [0.5, 0.6) is 0 Å². The Morgan fingerprint density at radius 3 is 2.52 bits per heavy atom. The van der Waals surface area contributed by atoms with Crippen LogP contribution < -0.4 is 5.73 Å². The van der Waals surface area contributed by atoms with Gasteiger partial charge in [0.1, 0.15) is 5.82 Å². The minimum atomic E-state index is -0.313. The number of anilines is 1. The summed E-state index contributed by atoms with van der Waals surface area (Å²) in [6.07, 6.45) is 3.59. The molecule has 0 atom stereocenters. The van der Waals surface area contributed by atoms with Crippen LogP contribution in [0.2, 0.25) is 0 Å². The molecule has 0 aliphatic rings. The number of halogens is 1. The topological polar surface area (TPSA) is 82.5 Å². The van der Waals surface area contributed by atoms with E-state index >= 15 is 0 Å². The number of hydrogen-bond acceptors (Lipinski definition) is 5. The van der Waals surface area contributed by atoms with Gasteiger partial charge in [0.2, 0.25) is 5.95 Å². The van der Waals surface area contributed by atoms with Crippen LogP contribution in [0.4, 0.5) is 10.3 Å². The molecule has 0 bridgehead atoms. The van der Waals surface area contributed by atoms with Gasteiger partial charge < -0.3 is 5.73 Å². The summed E-state index contributed by atoms with van der Waals surface area (Å²) < 4.78 is 16.4. The van der Waals surface area contributed by atoms with Crippen molar-refractivity contribution in [1.82, 2.24) is 24.7 Å². The first-order valence-corrected chi connectivity index (χ1v) is 10.1. The van der Waals surface area contributed by atoms with E-state index in [0.29, 0.717) is 29.1 Å². The average molecular weight is 417 g/mol. The fraction of sp³-hybridized carbons (Fsp3) is 0.250. The van der Waals surface area contributed by atoms with Crippen molar-refractivity contribution in [2.24, 2.45) is 0 Å². The number of benzene rings is 1. The van der Waals surface area contributed by atoms with E-state index < -0.39 is 0 Å². The van der Waals surface area contributed by atoms with Crippen LogP contribution in [0.1, 0.15) is 37.7 Å². The first kappa shape index (κ1) is 20.7. The van der Waals surface area contributed by atoms with Crippen molar-refractivity contribution in [3.05, 3.63) is 77.6 Å². The fourth-order valence-corrected chi connectivity index (χ4v) is 3.33. The molecule has 0 saturated heterocycles. The van der Waals surface area contributed by atoms with Crippen molar-refractivity contribution in [3.8, 4) is 22.5 Å². The largest absolute Gasteiger partial charge is 0.368 e. The molecule has 31 heavy (non-hydrogen) atoms. The second kappa shape index (κ2) is 7.91. The highest BCUT2D eigenvalue weighted by Crippen LogP contribution is 2.27. The molecule has 2 N–H and O–H groups in total. The molecule has 0 fully saturated rings. The zero-order chi connectivity index (χ0) is 22.2. The number of aryl methyl sites for hydroxylation is 1. The lowest BCUT2D eigenvalue weighted by molar-refractivity contribution is 0.560. The molecule has 0 saturated carbocycles. The second-order valence-corrected chi connectivity index (χ2v) is 8.62. The average Bonchev–Trinajstić information content (AvgIpc) is 3.18. The number of nitrogens with two attached hydrogens (primary N) is 1. The first-order chi connectivity index (χ1) is 14.7. The third-order valence-corrected chi connectivity index (χ3v) is 5.04. The van der Waals surface area contributed by atoms with Crippen LogP contribution in [-0.2, 0) is 12.0 Å². The Bertz CT molecular complexity index is 1240. The first-order valence-electron chi connectivity index (χ1n) is 10.1. The molecule has 1 aromatic carbocycles. The van der Waals surface area contributed by atoms with E-state index in [9.17, 15) is 4.39 Å². The van der Waals surface area contributed by atoms with E-state index in [1.165, 1.54) is 0 Å². The maximum absolute atomic E-state index is 14.6. The summed E-state index contributed by atoms with van der Waals surface area (Å²) >= 11 is 0. The molecule has 0 aliphatic heterocycles. The normalized spacial score (nSPS) is 11.6. The zero-order valence-electron chi connectivity index (χ0n) is 18.1. The monoisotopic (exact) mass is 416 g/mol. The number of aromatic nitrogens is 5. The molecular formula is C24H25FN6. The molecule has 0 radical (unpaired) electrons. The van der Waals surface area contributed by atoms with E-state index in [1.54, 1.807) is 42.1 Å². The van der Waals surface area contributed by atoms with Crippen molar-refractivity contribution < 1.29 is 4.39 Å². The second-order valence-electron chi connectivity index (χ2n) is 8.62. The molecule has 3 heterocycles. The van der Waals surface area contributed by atoms with Gasteiger partial charge in [-0.2, -0.15) is 5.10 Å². The van der Waals surface area contributed by atoms with E-state index in [4.69, 9.17) is 10.7 Å². The molecule has 4 rings (SSSR count). The summed E-state index contributed by atoms with van der Waals surface area (Å²) in [5, 5.41) is 4.44. The molecule has 0 unspecified atom stereocenters. The third-order valence-electron chi connectivity index (χ3n) is 5.04. The van der Waals surface area contributed by atoms with Gasteiger partial charge in [-0.05, 0) is 36.8 Å². The van der Waals surface area contributed by atoms with Gasteiger partial charge in [0.25, 0.3) is 0 Å².